The average Bonchev–Trinajstić information content (AvgIpc) is 3.36. The first-order valence-corrected chi connectivity index (χ1v) is 7.72. The molecule has 0 spiro atoms. The summed E-state index contributed by atoms with van der Waals surface area (Å²) in [6, 6.07) is 10.1. The molecule has 23 heavy (non-hydrogen) atoms. The van der Waals surface area contributed by atoms with E-state index in [1.54, 1.807) is 36.7 Å². The number of benzene rings is 1. The maximum Gasteiger partial charge on any atom is 0.230 e. The number of halogens is 1. The van der Waals surface area contributed by atoms with Gasteiger partial charge in [-0.1, -0.05) is 18.2 Å². The van der Waals surface area contributed by atoms with Gasteiger partial charge in [-0.2, -0.15) is 0 Å². The van der Waals surface area contributed by atoms with E-state index in [1.807, 2.05) is 13.0 Å². The first-order valence-electron chi connectivity index (χ1n) is 7.72. The number of hydrogen-bond donors (Lipinski definition) is 1. The molecule has 1 aromatic heterocycles. The molecule has 1 heterocycles. The summed E-state index contributed by atoms with van der Waals surface area (Å²) in [7, 11) is 0. The quantitative estimate of drug-likeness (QED) is 0.892. The number of hydrogen-bond acceptors (Lipinski definition) is 3. The summed E-state index contributed by atoms with van der Waals surface area (Å²) in [6.07, 6.45) is 4.46. The minimum Gasteiger partial charge on any atom is -0.487 e. The van der Waals surface area contributed by atoms with Crippen molar-refractivity contribution < 1.29 is 13.9 Å². The van der Waals surface area contributed by atoms with Gasteiger partial charge in [-0.15, -0.1) is 0 Å². The molecule has 120 valence electrons. The molecule has 1 aromatic carbocycles. The molecule has 3 rings (SSSR count). The second kappa shape index (κ2) is 6.36. The number of rotatable bonds is 6. The first-order chi connectivity index (χ1) is 11.1. The molecular formula is C18H19FN2O2. The number of amides is 1. The van der Waals surface area contributed by atoms with E-state index in [9.17, 15) is 9.18 Å². The fourth-order valence-electron chi connectivity index (χ4n) is 2.69. The normalized spacial score (nSPS) is 16.4. The Bertz CT molecular complexity index is 686. The topological polar surface area (TPSA) is 51.2 Å². The van der Waals surface area contributed by atoms with Crippen LogP contribution in [0.5, 0.6) is 5.75 Å². The zero-order chi connectivity index (χ0) is 16.3. The molecule has 0 radical (unpaired) electrons. The summed E-state index contributed by atoms with van der Waals surface area (Å²) in [5.41, 5.74) is -0.224. The predicted octanol–water partition coefficient (Wildman–Crippen LogP) is 2.84. The fraction of sp³-hybridized carbons (Fsp3) is 0.333. The van der Waals surface area contributed by atoms with Crippen molar-refractivity contribution in [2.75, 3.05) is 6.54 Å². The van der Waals surface area contributed by atoms with Crippen LogP contribution in [-0.4, -0.2) is 23.5 Å². The molecule has 1 N–H and O–H groups in total. The second-order valence-corrected chi connectivity index (χ2v) is 5.89. The highest BCUT2D eigenvalue weighted by molar-refractivity contribution is 5.91. The lowest BCUT2D eigenvalue weighted by Crippen LogP contribution is -2.40. The molecule has 1 saturated carbocycles. The van der Waals surface area contributed by atoms with Crippen LogP contribution in [0.25, 0.3) is 0 Å². The third-order valence-corrected chi connectivity index (χ3v) is 4.10. The third-order valence-electron chi connectivity index (χ3n) is 4.10. The Morgan fingerprint density at radius 1 is 1.35 bits per heavy atom. The van der Waals surface area contributed by atoms with Gasteiger partial charge in [0, 0.05) is 11.8 Å². The number of nitrogens with zero attached hydrogens (tertiary/aromatic N) is 1. The number of ether oxygens (including phenoxy) is 1. The molecule has 0 saturated heterocycles. The Balaban J connectivity index is 1.58. The average molecular weight is 314 g/mol. The summed E-state index contributed by atoms with van der Waals surface area (Å²) in [5, 5.41) is 2.88. The SMILES string of the molecule is C[C@@H](CNC(=O)C1(c2ccccc2F)CC1)Oc1cccnc1. The van der Waals surface area contributed by atoms with Gasteiger partial charge in [0.2, 0.25) is 5.91 Å². The Labute approximate surface area is 134 Å². The van der Waals surface area contributed by atoms with E-state index >= 15 is 0 Å². The standard InChI is InChI=1S/C18H19FN2O2/c1-13(23-14-5-4-10-20-12-14)11-21-17(22)18(8-9-18)15-6-2-3-7-16(15)19/h2-7,10,12-13H,8-9,11H2,1H3,(H,21,22)/t13-/m0/s1. The summed E-state index contributed by atoms with van der Waals surface area (Å²) in [4.78, 5) is 16.5. The number of pyridine rings is 1. The summed E-state index contributed by atoms with van der Waals surface area (Å²) in [6.45, 7) is 2.24. The molecule has 0 aliphatic heterocycles. The van der Waals surface area contributed by atoms with Crippen LogP contribution in [0, 0.1) is 5.82 Å². The molecule has 1 atom stereocenters. The van der Waals surface area contributed by atoms with Crippen LogP contribution in [0.4, 0.5) is 4.39 Å². The minimum atomic E-state index is -0.709. The van der Waals surface area contributed by atoms with Crippen molar-refractivity contribution >= 4 is 5.91 Å². The summed E-state index contributed by atoms with van der Waals surface area (Å²) in [5.74, 6) is 0.202. The van der Waals surface area contributed by atoms with E-state index in [-0.39, 0.29) is 17.8 Å². The lowest BCUT2D eigenvalue weighted by atomic mass is 9.94. The number of carbonyl (C=O) groups excluding carboxylic acids is 1. The van der Waals surface area contributed by atoms with Crippen molar-refractivity contribution in [2.45, 2.75) is 31.3 Å². The van der Waals surface area contributed by atoms with Gasteiger partial charge in [0.15, 0.2) is 0 Å². The van der Waals surface area contributed by atoms with Gasteiger partial charge in [-0.3, -0.25) is 9.78 Å². The molecule has 5 heteroatoms. The van der Waals surface area contributed by atoms with Crippen molar-refractivity contribution in [2.24, 2.45) is 0 Å². The third kappa shape index (κ3) is 3.33. The maximum atomic E-state index is 14.0. The van der Waals surface area contributed by atoms with Crippen LogP contribution in [0.15, 0.2) is 48.8 Å². The highest BCUT2D eigenvalue weighted by Gasteiger charge is 2.52. The fourth-order valence-corrected chi connectivity index (χ4v) is 2.69. The predicted molar refractivity (Wildman–Crippen MR) is 84.6 cm³/mol. The number of aromatic nitrogens is 1. The molecule has 1 fully saturated rings. The van der Waals surface area contributed by atoms with Crippen LogP contribution in [0.3, 0.4) is 0 Å². The van der Waals surface area contributed by atoms with Crippen molar-refractivity contribution in [3.05, 3.63) is 60.2 Å². The molecule has 2 aromatic rings. The van der Waals surface area contributed by atoms with Crippen molar-refractivity contribution in [1.29, 1.82) is 0 Å². The zero-order valence-corrected chi connectivity index (χ0v) is 13.0. The number of carbonyl (C=O) groups is 1. The van der Waals surface area contributed by atoms with E-state index in [0.29, 0.717) is 30.7 Å². The lowest BCUT2D eigenvalue weighted by molar-refractivity contribution is -0.124. The van der Waals surface area contributed by atoms with E-state index in [1.165, 1.54) is 6.07 Å². The van der Waals surface area contributed by atoms with Crippen LogP contribution in [-0.2, 0) is 10.2 Å². The van der Waals surface area contributed by atoms with Gasteiger partial charge < -0.3 is 10.1 Å². The molecule has 0 unspecified atom stereocenters. The molecule has 1 amide bonds. The summed E-state index contributed by atoms with van der Waals surface area (Å²) >= 11 is 0. The molecular weight excluding hydrogens is 295 g/mol. The second-order valence-electron chi connectivity index (χ2n) is 5.89. The first kappa shape index (κ1) is 15.5. The van der Waals surface area contributed by atoms with Gasteiger partial charge in [-0.05, 0) is 38.0 Å². The highest BCUT2D eigenvalue weighted by Crippen LogP contribution is 2.49. The Morgan fingerprint density at radius 2 is 2.13 bits per heavy atom. The monoisotopic (exact) mass is 314 g/mol. The molecule has 1 aliphatic rings. The van der Waals surface area contributed by atoms with E-state index < -0.39 is 5.41 Å². The largest absolute Gasteiger partial charge is 0.487 e. The van der Waals surface area contributed by atoms with Crippen LogP contribution in [0.2, 0.25) is 0 Å². The molecule has 1 aliphatic carbocycles. The van der Waals surface area contributed by atoms with Gasteiger partial charge in [0.05, 0.1) is 18.2 Å². The maximum absolute atomic E-state index is 14.0. The number of nitrogens with one attached hydrogen (secondary N) is 1. The van der Waals surface area contributed by atoms with Gasteiger partial charge >= 0.3 is 0 Å². The lowest BCUT2D eigenvalue weighted by Gasteiger charge is -2.19. The van der Waals surface area contributed by atoms with Crippen molar-refractivity contribution in [1.82, 2.24) is 10.3 Å². The van der Waals surface area contributed by atoms with Crippen LogP contribution in [0.1, 0.15) is 25.3 Å². The van der Waals surface area contributed by atoms with Crippen molar-refractivity contribution in [3.8, 4) is 5.75 Å². The van der Waals surface area contributed by atoms with Gasteiger partial charge in [0.1, 0.15) is 17.7 Å². The van der Waals surface area contributed by atoms with Crippen molar-refractivity contribution in [3.63, 3.8) is 0 Å². The summed E-state index contributed by atoms with van der Waals surface area (Å²) < 4.78 is 19.6. The van der Waals surface area contributed by atoms with Crippen LogP contribution < -0.4 is 10.1 Å². The molecule has 0 bridgehead atoms. The molecule has 4 nitrogen and oxygen atoms in total. The van der Waals surface area contributed by atoms with E-state index in [4.69, 9.17) is 4.74 Å². The highest BCUT2D eigenvalue weighted by atomic mass is 19.1. The van der Waals surface area contributed by atoms with E-state index in [2.05, 4.69) is 10.3 Å². The Kier molecular flexibility index (Phi) is 4.28. The van der Waals surface area contributed by atoms with Gasteiger partial charge in [0.25, 0.3) is 0 Å². The Hall–Kier alpha value is -2.43. The minimum absolute atomic E-state index is 0.135. The van der Waals surface area contributed by atoms with Crippen LogP contribution >= 0.6 is 0 Å². The van der Waals surface area contributed by atoms with E-state index in [0.717, 1.165) is 0 Å². The zero-order valence-electron chi connectivity index (χ0n) is 13.0. The van der Waals surface area contributed by atoms with Gasteiger partial charge in [-0.25, -0.2) is 4.39 Å². The smallest absolute Gasteiger partial charge is 0.230 e. The Morgan fingerprint density at radius 3 is 2.78 bits per heavy atom.